The highest BCUT2D eigenvalue weighted by Gasteiger charge is 2.20. The second-order valence-electron chi connectivity index (χ2n) is 7.26. The fourth-order valence-electron chi connectivity index (χ4n) is 3.60. The molecule has 0 radical (unpaired) electrons. The smallest absolute Gasteiger partial charge is 0.224 e. The summed E-state index contributed by atoms with van der Waals surface area (Å²) >= 11 is 6.08. The van der Waals surface area contributed by atoms with E-state index >= 15 is 0 Å². The number of likely N-dealkylation sites (tertiary alicyclic amines) is 1. The highest BCUT2D eigenvalue weighted by molar-refractivity contribution is 6.33. The van der Waals surface area contributed by atoms with Crippen molar-refractivity contribution in [2.45, 2.75) is 32.2 Å². The molecule has 0 unspecified atom stereocenters. The first-order valence-corrected chi connectivity index (χ1v) is 10.0. The zero-order valence-electron chi connectivity index (χ0n) is 16.1. The Bertz CT molecular complexity index is 807. The van der Waals surface area contributed by atoms with E-state index in [4.69, 9.17) is 16.3 Å². The van der Waals surface area contributed by atoms with Gasteiger partial charge in [0.05, 0.1) is 17.8 Å². The second kappa shape index (κ2) is 9.89. The van der Waals surface area contributed by atoms with Crippen LogP contribution >= 0.6 is 11.6 Å². The summed E-state index contributed by atoms with van der Waals surface area (Å²) in [5.41, 5.74) is 1.72. The topological polar surface area (TPSA) is 41.6 Å². The summed E-state index contributed by atoms with van der Waals surface area (Å²) in [6.45, 7) is 2.75. The van der Waals surface area contributed by atoms with E-state index in [1.165, 1.54) is 13.2 Å². The third-order valence-electron chi connectivity index (χ3n) is 5.26. The number of hydrogen-bond acceptors (Lipinski definition) is 3. The number of amides is 1. The van der Waals surface area contributed by atoms with E-state index in [2.05, 4.69) is 10.2 Å². The van der Waals surface area contributed by atoms with Crippen molar-refractivity contribution in [3.8, 4) is 5.75 Å². The van der Waals surface area contributed by atoms with Crippen molar-refractivity contribution in [2.75, 3.05) is 25.5 Å². The molecule has 150 valence electrons. The summed E-state index contributed by atoms with van der Waals surface area (Å²) in [6, 6.07) is 12.3. The van der Waals surface area contributed by atoms with Crippen LogP contribution in [0.15, 0.2) is 42.5 Å². The Kier molecular flexibility index (Phi) is 7.29. The van der Waals surface area contributed by atoms with E-state index in [0.717, 1.165) is 44.5 Å². The molecule has 1 N–H and O–H groups in total. The average molecular weight is 405 g/mol. The van der Waals surface area contributed by atoms with Crippen LogP contribution in [0.1, 0.15) is 31.2 Å². The maximum atomic E-state index is 13.5. The van der Waals surface area contributed by atoms with Crippen LogP contribution in [0.3, 0.4) is 0 Å². The number of para-hydroxylation sites is 1. The molecule has 1 amide bonds. The molecule has 0 saturated carbocycles. The van der Waals surface area contributed by atoms with Crippen LogP contribution in [0, 0.1) is 11.7 Å². The molecular weight excluding hydrogens is 379 g/mol. The largest absolute Gasteiger partial charge is 0.494 e. The van der Waals surface area contributed by atoms with Crippen molar-refractivity contribution in [2.24, 2.45) is 5.92 Å². The molecular formula is C22H26ClFN2O2. The minimum absolute atomic E-state index is 0.00827. The van der Waals surface area contributed by atoms with E-state index in [9.17, 15) is 9.18 Å². The van der Waals surface area contributed by atoms with Crippen LogP contribution < -0.4 is 10.1 Å². The summed E-state index contributed by atoms with van der Waals surface area (Å²) in [7, 11) is 1.48. The predicted octanol–water partition coefficient (Wildman–Crippen LogP) is 5.12. The Morgan fingerprint density at radius 2 is 2.00 bits per heavy atom. The second-order valence-corrected chi connectivity index (χ2v) is 7.66. The number of anilines is 1. The summed E-state index contributed by atoms with van der Waals surface area (Å²) in [5, 5.41) is 3.44. The van der Waals surface area contributed by atoms with Crippen LogP contribution in [-0.2, 0) is 11.3 Å². The number of ether oxygens (including phenoxy) is 1. The predicted molar refractivity (Wildman–Crippen MR) is 110 cm³/mol. The van der Waals surface area contributed by atoms with Crippen molar-refractivity contribution in [1.29, 1.82) is 0 Å². The summed E-state index contributed by atoms with van der Waals surface area (Å²) in [5.74, 6) is 0.516. The van der Waals surface area contributed by atoms with Crippen LogP contribution in [-0.4, -0.2) is 31.0 Å². The van der Waals surface area contributed by atoms with Crippen molar-refractivity contribution in [1.82, 2.24) is 4.90 Å². The van der Waals surface area contributed by atoms with Crippen LogP contribution in [0.4, 0.5) is 10.1 Å². The van der Waals surface area contributed by atoms with Gasteiger partial charge in [0.25, 0.3) is 0 Å². The first-order valence-electron chi connectivity index (χ1n) is 9.64. The lowest BCUT2D eigenvalue weighted by atomic mass is 9.92. The molecule has 4 nitrogen and oxygen atoms in total. The van der Waals surface area contributed by atoms with Crippen LogP contribution in [0.5, 0.6) is 5.75 Å². The van der Waals surface area contributed by atoms with E-state index in [-0.39, 0.29) is 17.5 Å². The van der Waals surface area contributed by atoms with Gasteiger partial charge in [-0.05, 0) is 68.1 Å². The maximum absolute atomic E-state index is 13.5. The zero-order chi connectivity index (χ0) is 19.9. The summed E-state index contributed by atoms with van der Waals surface area (Å²) in [6.07, 6.45) is 3.52. The molecule has 1 fully saturated rings. The number of carbonyl (C=O) groups excluding carboxylic acids is 1. The first-order chi connectivity index (χ1) is 13.5. The Balaban J connectivity index is 1.40. The molecule has 0 aliphatic carbocycles. The van der Waals surface area contributed by atoms with Crippen molar-refractivity contribution in [3.05, 3.63) is 58.9 Å². The van der Waals surface area contributed by atoms with Gasteiger partial charge in [0.1, 0.15) is 0 Å². The number of benzene rings is 2. The van der Waals surface area contributed by atoms with E-state index in [1.807, 2.05) is 24.3 Å². The van der Waals surface area contributed by atoms with Gasteiger partial charge in [0, 0.05) is 13.0 Å². The van der Waals surface area contributed by atoms with E-state index in [1.54, 1.807) is 12.1 Å². The van der Waals surface area contributed by atoms with Crippen LogP contribution in [0.25, 0.3) is 0 Å². The Labute approximate surface area is 170 Å². The normalized spacial score (nSPS) is 15.4. The van der Waals surface area contributed by atoms with E-state index in [0.29, 0.717) is 23.0 Å². The maximum Gasteiger partial charge on any atom is 0.224 e. The number of piperidine rings is 1. The fourth-order valence-corrected chi connectivity index (χ4v) is 3.79. The molecule has 1 aliphatic heterocycles. The minimum atomic E-state index is -0.333. The van der Waals surface area contributed by atoms with Crippen LogP contribution in [0.2, 0.25) is 5.02 Å². The summed E-state index contributed by atoms with van der Waals surface area (Å²) in [4.78, 5) is 14.5. The van der Waals surface area contributed by atoms with Gasteiger partial charge in [-0.2, -0.15) is 0 Å². The van der Waals surface area contributed by atoms with Crippen molar-refractivity contribution < 1.29 is 13.9 Å². The molecule has 3 rings (SSSR count). The number of nitrogens with zero attached hydrogens (tertiary/aromatic N) is 1. The molecule has 1 aliphatic rings. The van der Waals surface area contributed by atoms with Crippen molar-refractivity contribution >= 4 is 23.2 Å². The number of carbonyl (C=O) groups is 1. The number of halogens is 2. The lowest BCUT2D eigenvalue weighted by Crippen LogP contribution is -2.33. The first kappa shape index (κ1) is 20.6. The lowest BCUT2D eigenvalue weighted by molar-refractivity contribution is -0.116. The molecule has 2 aromatic rings. The van der Waals surface area contributed by atoms with Gasteiger partial charge in [0.2, 0.25) is 5.91 Å². The standard InChI is InChI=1S/C22H26ClFN2O2/c1-28-21-14-17(6-8-19(21)24)15-26-12-10-16(11-13-26)7-9-22(27)25-20-5-3-2-4-18(20)23/h2-6,8,14,16H,7,9-13,15H2,1H3,(H,25,27). The third-order valence-corrected chi connectivity index (χ3v) is 5.59. The molecule has 6 heteroatoms. The van der Waals surface area contributed by atoms with Gasteiger partial charge >= 0.3 is 0 Å². The van der Waals surface area contributed by atoms with Gasteiger partial charge in [-0.1, -0.05) is 29.8 Å². The molecule has 2 aromatic carbocycles. The van der Waals surface area contributed by atoms with Gasteiger partial charge in [-0.15, -0.1) is 0 Å². The molecule has 28 heavy (non-hydrogen) atoms. The lowest BCUT2D eigenvalue weighted by Gasteiger charge is -2.32. The van der Waals surface area contributed by atoms with E-state index < -0.39 is 0 Å². The quantitative estimate of drug-likeness (QED) is 0.696. The molecule has 1 heterocycles. The summed E-state index contributed by atoms with van der Waals surface area (Å²) < 4.78 is 18.6. The number of nitrogens with one attached hydrogen (secondary N) is 1. The molecule has 0 aromatic heterocycles. The molecule has 0 spiro atoms. The minimum Gasteiger partial charge on any atom is -0.494 e. The number of hydrogen-bond donors (Lipinski definition) is 1. The third kappa shape index (κ3) is 5.69. The molecule has 0 bridgehead atoms. The highest BCUT2D eigenvalue weighted by Crippen LogP contribution is 2.26. The van der Waals surface area contributed by atoms with Gasteiger partial charge in [0.15, 0.2) is 11.6 Å². The Morgan fingerprint density at radius 1 is 1.25 bits per heavy atom. The number of methoxy groups -OCH3 is 1. The Morgan fingerprint density at radius 3 is 2.71 bits per heavy atom. The molecule has 1 saturated heterocycles. The average Bonchev–Trinajstić information content (AvgIpc) is 2.70. The Hall–Kier alpha value is -2.11. The SMILES string of the molecule is COc1cc(CN2CCC(CCC(=O)Nc3ccccc3Cl)CC2)ccc1F. The van der Waals surface area contributed by atoms with Crippen molar-refractivity contribution in [3.63, 3.8) is 0 Å². The van der Waals surface area contributed by atoms with Gasteiger partial charge in [-0.3, -0.25) is 9.69 Å². The fraction of sp³-hybridized carbons (Fsp3) is 0.409. The van der Waals surface area contributed by atoms with Gasteiger partial charge < -0.3 is 10.1 Å². The zero-order valence-corrected chi connectivity index (χ0v) is 16.8. The van der Waals surface area contributed by atoms with Gasteiger partial charge in [-0.25, -0.2) is 4.39 Å². The monoisotopic (exact) mass is 404 g/mol. The number of rotatable bonds is 7. The molecule has 0 atom stereocenters. The highest BCUT2D eigenvalue weighted by atomic mass is 35.5.